The number of rotatable bonds is 3. The smallest absolute Gasteiger partial charge is 0.0991 e. The van der Waals surface area contributed by atoms with E-state index in [4.69, 9.17) is 5.26 Å². The first-order chi connectivity index (χ1) is 7.79. The molecule has 2 heteroatoms. The van der Waals surface area contributed by atoms with E-state index in [0.717, 1.165) is 12.1 Å². The van der Waals surface area contributed by atoms with E-state index in [-0.39, 0.29) is 0 Å². The molecule has 0 radical (unpaired) electrons. The predicted molar refractivity (Wildman–Crippen MR) is 65.0 cm³/mol. The average Bonchev–Trinajstić information content (AvgIpc) is 2.80. The Kier molecular flexibility index (Phi) is 3.58. The van der Waals surface area contributed by atoms with Gasteiger partial charge in [-0.2, -0.15) is 5.26 Å². The van der Waals surface area contributed by atoms with Gasteiger partial charge < -0.3 is 5.32 Å². The molecule has 1 aromatic rings. The summed E-state index contributed by atoms with van der Waals surface area (Å²) in [5.41, 5.74) is 3.28. The summed E-state index contributed by atoms with van der Waals surface area (Å²) in [5, 5.41) is 12.4. The second kappa shape index (κ2) is 5.14. The molecular weight excluding hydrogens is 196 g/mol. The maximum absolute atomic E-state index is 8.79. The average molecular weight is 214 g/mol. The van der Waals surface area contributed by atoms with Crippen LogP contribution in [0.4, 0.5) is 0 Å². The van der Waals surface area contributed by atoms with Crippen molar-refractivity contribution in [3.8, 4) is 6.07 Å². The van der Waals surface area contributed by atoms with Crippen LogP contribution in [0.15, 0.2) is 18.2 Å². The molecule has 0 heterocycles. The molecule has 1 aliphatic rings. The largest absolute Gasteiger partial charge is 0.310 e. The molecule has 1 N–H and O–H groups in total. The van der Waals surface area contributed by atoms with Gasteiger partial charge in [-0.15, -0.1) is 0 Å². The molecule has 1 aromatic carbocycles. The Morgan fingerprint density at radius 2 is 2.12 bits per heavy atom. The SMILES string of the molecule is Cc1cc(C#N)ccc1CNC1CCCC1. The van der Waals surface area contributed by atoms with E-state index in [1.165, 1.54) is 36.8 Å². The number of benzene rings is 1. The van der Waals surface area contributed by atoms with E-state index in [9.17, 15) is 0 Å². The molecule has 1 aliphatic carbocycles. The van der Waals surface area contributed by atoms with E-state index >= 15 is 0 Å². The molecule has 0 unspecified atom stereocenters. The van der Waals surface area contributed by atoms with E-state index in [2.05, 4.69) is 24.4 Å². The summed E-state index contributed by atoms with van der Waals surface area (Å²) < 4.78 is 0. The number of nitriles is 1. The third kappa shape index (κ3) is 2.62. The minimum absolute atomic E-state index is 0.704. The first kappa shape index (κ1) is 11.2. The number of aryl methyl sites for hydroxylation is 1. The van der Waals surface area contributed by atoms with Gasteiger partial charge in [0.2, 0.25) is 0 Å². The van der Waals surface area contributed by atoms with Gasteiger partial charge in [0.05, 0.1) is 11.6 Å². The lowest BCUT2D eigenvalue weighted by Gasteiger charge is -2.13. The van der Waals surface area contributed by atoms with Crippen LogP contribution in [-0.4, -0.2) is 6.04 Å². The van der Waals surface area contributed by atoms with Gasteiger partial charge in [-0.1, -0.05) is 18.9 Å². The van der Waals surface area contributed by atoms with Crippen molar-refractivity contribution in [2.75, 3.05) is 0 Å². The quantitative estimate of drug-likeness (QED) is 0.839. The highest BCUT2D eigenvalue weighted by Gasteiger charge is 2.14. The van der Waals surface area contributed by atoms with Crippen LogP contribution in [0.5, 0.6) is 0 Å². The summed E-state index contributed by atoms with van der Waals surface area (Å²) in [5.74, 6) is 0. The molecule has 0 saturated heterocycles. The lowest BCUT2D eigenvalue weighted by atomic mass is 10.1. The molecule has 0 aliphatic heterocycles. The van der Waals surface area contributed by atoms with E-state index in [1.807, 2.05) is 12.1 Å². The summed E-state index contributed by atoms with van der Waals surface area (Å²) in [4.78, 5) is 0. The Morgan fingerprint density at radius 3 is 2.75 bits per heavy atom. The van der Waals surface area contributed by atoms with Crippen LogP contribution in [0.25, 0.3) is 0 Å². The summed E-state index contributed by atoms with van der Waals surface area (Å²) >= 11 is 0. The molecule has 1 saturated carbocycles. The summed E-state index contributed by atoms with van der Waals surface area (Å²) in [6, 6.07) is 8.81. The fraction of sp³-hybridized carbons (Fsp3) is 0.500. The van der Waals surface area contributed by atoms with E-state index in [1.54, 1.807) is 0 Å². The van der Waals surface area contributed by atoms with Crippen molar-refractivity contribution in [1.82, 2.24) is 5.32 Å². The topological polar surface area (TPSA) is 35.8 Å². The number of nitrogens with one attached hydrogen (secondary N) is 1. The second-order valence-electron chi connectivity index (χ2n) is 4.62. The molecule has 2 rings (SSSR count). The van der Waals surface area contributed by atoms with Crippen LogP contribution < -0.4 is 5.32 Å². The van der Waals surface area contributed by atoms with Gasteiger partial charge in [0.15, 0.2) is 0 Å². The van der Waals surface area contributed by atoms with Crippen LogP contribution in [-0.2, 0) is 6.54 Å². The summed E-state index contributed by atoms with van der Waals surface area (Å²) in [7, 11) is 0. The van der Waals surface area contributed by atoms with Crippen molar-refractivity contribution in [2.24, 2.45) is 0 Å². The van der Waals surface area contributed by atoms with Crippen molar-refractivity contribution in [1.29, 1.82) is 5.26 Å². The van der Waals surface area contributed by atoms with Crippen LogP contribution in [0.2, 0.25) is 0 Å². The number of hydrogen-bond acceptors (Lipinski definition) is 2. The zero-order valence-electron chi connectivity index (χ0n) is 9.79. The summed E-state index contributed by atoms with van der Waals surface area (Å²) in [6.07, 6.45) is 5.36. The number of nitrogens with zero attached hydrogens (tertiary/aromatic N) is 1. The van der Waals surface area contributed by atoms with Gasteiger partial charge in [-0.25, -0.2) is 0 Å². The van der Waals surface area contributed by atoms with Gasteiger partial charge in [0.1, 0.15) is 0 Å². The Morgan fingerprint density at radius 1 is 1.38 bits per heavy atom. The van der Waals surface area contributed by atoms with Crippen molar-refractivity contribution >= 4 is 0 Å². The fourth-order valence-corrected chi connectivity index (χ4v) is 2.35. The van der Waals surface area contributed by atoms with Crippen molar-refractivity contribution in [2.45, 2.75) is 45.2 Å². The molecule has 0 atom stereocenters. The lowest BCUT2D eigenvalue weighted by Crippen LogP contribution is -2.25. The first-order valence-corrected chi connectivity index (χ1v) is 6.02. The standard InChI is InChI=1S/C14H18N2/c1-11-8-12(9-15)6-7-13(11)10-16-14-4-2-3-5-14/h6-8,14,16H,2-5,10H2,1H3. The molecule has 0 bridgehead atoms. The van der Waals surface area contributed by atoms with Gasteiger partial charge in [0, 0.05) is 12.6 Å². The fourth-order valence-electron chi connectivity index (χ4n) is 2.35. The Bertz CT molecular complexity index is 398. The first-order valence-electron chi connectivity index (χ1n) is 6.02. The summed E-state index contributed by atoms with van der Waals surface area (Å²) in [6.45, 7) is 3.01. The van der Waals surface area contributed by atoms with Crippen LogP contribution >= 0.6 is 0 Å². The third-order valence-corrected chi connectivity index (χ3v) is 3.41. The normalized spacial score (nSPS) is 16.2. The Labute approximate surface area is 97.3 Å². The van der Waals surface area contributed by atoms with Crippen molar-refractivity contribution in [3.63, 3.8) is 0 Å². The van der Waals surface area contributed by atoms with E-state index in [0.29, 0.717) is 6.04 Å². The van der Waals surface area contributed by atoms with Gasteiger partial charge in [-0.3, -0.25) is 0 Å². The minimum atomic E-state index is 0.704. The molecule has 16 heavy (non-hydrogen) atoms. The van der Waals surface area contributed by atoms with Gasteiger partial charge >= 0.3 is 0 Å². The molecule has 0 aromatic heterocycles. The highest BCUT2D eigenvalue weighted by molar-refractivity contribution is 5.37. The Balaban J connectivity index is 1.96. The zero-order chi connectivity index (χ0) is 11.4. The van der Waals surface area contributed by atoms with Gasteiger partial charge in [-0.05, 0) is 43.0 Å². The minimum Gasteiger partial charge on any atom is -0.310 e. The molecule has 2 nitrogen and oxygen atoms in total. The van der Waals surface area contributed by atoms with Crippen molar-refractivity contribution in [3.05, 3.63) is 34.9 Å². The highest BCUT2D eigenvalue weighted by Crippen LogP contribution is 2.18. The van der Waals surface area contributed by atoms with Gasteiger partial charge in [0.25, 0.3) is 0 Å². The van der Waals surface area contributed by atoms with E-state index < -0.39 is 0 Å². The predicted octanol–water partition coefficient (Wildman–Crippen LogP) is 2.90. The number of hydrogen-bond donors (Lipinski definition) is 1. The maximum Gasteiger partial charge on any atom is 0.0991 e. The van der Waals surface area contributed by atoms with Crippen LogP contribution in [0, 0.1) is 18.3 Å². The highest BCUT2D eigenvalue weighted by atomic mass is 14.9. The second-order valence-corrected chi connectivity index (χ2v) is 4.62. The molecule has 0 spiro atoms. The van der Waals surface area contributed by atoms with Crippen molar-refractivity contribution < 1.29 is 0 Å². The monoisotopic (exact) mass is 214 g/mol. The molecular formula is C14H18N2. The molecule has 0 amide bonds. The Hall–Kier alpha value is -1.33. The molecule has 84 valence electrons. The zero-order valence-corrected chi connectivity index (χ0v) is 9.79. The lowest BCUT2D eigenvalue weighted by molar-refractivity contribution is 0.523. The third-order valence-electron chi connectivity index (χ3n) is 3.41. The maximum atomic E-state index is 8.79. The van der Waals surface area contributed by atoms with Crippen LogP contribution in [0.1, 0.15) is 42.4 Å². The van der Waals surface area contributed by atoms with Crippen LogP contribution in [0.3, 0.4) is 0 Å². The molecule has 1 fully saturated rings.